The lowest BCUT2D eigenvalue weighted by Gasteiger charge is -2.07. The fraction of sp³-hybridized carbons (Fsp3) is 0.143. The number of hydrogen-bond acceptors (Lipinski definition) is 2. The normalized spacial score (nSPS) is 22.8. The van der Waals surface area contributed by atoms with Gasteiger partial charge < -0.3 is 0 Å². The maximum Gasteiger partial charge on any atom is 0.0384 e. The van der Waals surface area contributed by atoms with Crippen LogP contribution in [0.4, 0.5) is 0 Å². The molecule has 3 rings (SSSR count). The highest BCUT2D eigenvalue weighted by Crippen LogP contribution is 2.36. The zero-order valence-electron chi connectivity index (χ0n) is 8.72. The maximum absolute atomic E-state index is 3.47. The Morgan fingerprint density at radius 1 is 1.19 bits per heavy atom. The number of benzene rings is 1. The van der Waals surface area contributed by atoms with Crippen LogP contribution in [-0.2, 0) is 0 Å². The van der Waals surface area contributed by atoms with Gasteiger partial charge in [0, 0.05) is 15.6 Å². The molecule has 0 nitrogen and oxygen atoms in total. The van der Waals surface area contributed by atoms with E-state index in [2.05, 4.69) is 53.3 Å². The molecule has 1 atom stereocenters. The average Bonchev–Trinajstić information content (AvgIpc) is 2.76. The summed E-state index contributed by atoms with van der Waals surface area (Å²) in [4.78, 5) is 1.30. The number of allylic oxidation sites excluding steroid dienone is 2. The summed E-state index contributed by atoms with van der Waals surface area (Å²) in [6.45, 7) is 0. The minimum atomic E-state index is 0.568. The molecule has 79 valence electrons. The van der Waals surface area contributed by atoms with Crippen molar-refractivity contribution >= 4 is 29.6 Å². The van der Waals surface area contributed by atoms with Gasteiger partial charge in [0.15, 0.2) is 0 Å². The van der Waals surface area contributed by atoms with Crippen molar-refractivity contribution in [1.29, 1.82) is 0 Å². The van der Waals surface area contributed by atoms with Crippen LogP contribution in [0.3, 0.4) is 0 Å². The number of fused-ring (bicyclic) bond motifs is 1. The van der Waals surface area contributed by atoms with Crippen molar-refractivity contribution in [1.82, 2.24) is 0 Å². The molecule has 2 heterocycles. The molecule has 0 saturated heterocycles. The van der Waals surface area contributed by atoms with Gasteiger partial charge >= 0.3 is 0 Å². The highest BCUT2D eigenvalue weighted by molar-refractivity contribution is 8.03. The van der Waals surface area contributed by atoms with Gasteiger partial charge in [-0.2, -0.15) is 0 Å². The molecule has 2 aliphatic heterocycles. The van der Waals surface area contributed by atoms with Crippen LogP contribution in [0.15, 0.2) is 52.3 Å². The fourth-order valence-corrected chi connectivity index (χ4v) is 3.63. The summed E-state index contributed by atoms with van der Waals surface area (Å²) in [7, 11) is 0. The molecule has 0 saturated carbocycles. The predicted molar refractivity (Wildman–Crippen MR) is 73.2 cm³/mol. The summed E-state index contributed by atoms with van der Waals surface area (Å²) < 4.78 is 0. The van der Waals surface area contributed by atoms with E-state index in [9.17, 15) is 0 Å². The van der Waals surface area contributed by atoms with Crippen molar-refractivity contribution in [3.63, 3.8) is 0 Å². The van der Waals surface area contributed by atoms with E-state index in [4.69, 9.17) is 0 Å². The lowest BCUT2D eigenvalue weighted by molar-refractivity contribution is 1.05. The molecule has 0 aliphatic carbocycles. The Bertz CT molecular complexity index is 475. The van der Waals surface area contributed by atoms with E-state index >= 15 is 0 Å². The predicted octanol–water partition coefficient (Wildman–Crippen LogP) is 4.51. The second-order valence-corrected chi connectivity index (χ2v) is 5.72. The Kier molecular flexibility index (Phi) is 2.94. The first kappa shape index (κ1) is 10.3. The third kappa shape index (κ3) is 2.00. The van der Waals surface area contributed by atoms with Crippen molar-refractivity contribution in [2.45, 2.75) is 16.6 Å². The molecular formula is C14H11S2. The SMILES string of the molecule is [C]1=C(C2CC=CS2)C=Cc2ccccc2S1. The van der Waals surface area contributed by atoms with Crippen LogP contribution in [0.2, 0.25) is 0 Å². The minimum absolute atomic E-state index is 0.568. The van der Waals surface area contributed by atoms with E-state index in [1.165, 1.54) is 16.0 Å². The molecule has 0 aromatic heterocycles. The van der Waals surface area contributed by atoms with Gasteiger partial charge in [-0.25, -0.2) is 0 Å². The summed E-state index contributed by atoms with van der Waals surface area (Å²) in [5.41, 5.74) is 2.61. The third-order valence-electron chi connectivity index (χ3n) is 2.68. The number of rotatable bonds is 1. The molecule has 2 heteroatoms. The van der Waals surface area contributed by atoms with Crippen molar-refractivity contribution in [2.24, 2.45) is 0 Å². The van der Waals surface area contributed by atoms with Crippen LogP contribution in [-0.4, -0.2) is 5.25 Å². The van der Waals surface area contributed by atoms with Gasteiger partial charge in [0.1, 0.15) is 0 Å². The summed E-state index contributed by atoms with van der Waals surface area (Å²) in [6.07, 6.45) is 7.79. The van der Waals surface area contributed by atoms with E-state index in [0.717, 1.165) is 6.42 Å². The van der Waals surface area contributed by atoms with Gasteiger partial charge in [-0.15, -0.1) is 11.8 Å². The Hall–Kier alpha value is -0.860. The summed E-state index contributed by atoms with van der Waals surface area (Å²) >= 11 is 3.61. The largest absolute Gasteiger partial charge is 0.126 e. The van der Waals surface area contributed by atoms with Gasteiger partial charge in [-0.1, -0.05) is 48.2 Å². The van der Waals surface area contributed by atoms with Crippen molar-refractivity contribution < 1.29 is 0 Å². The average molecular weight is 243 g/mol. The molecule has 1 aromatic rings. The fourth-order valence-electron chi connectivity index (χ4n) is 1.80. The van der Waals surface area contributed by atoms with Gasteiger partial charge in [-0.05, 0) is 29.0 Å². The molecule has 0 spiro atoms. The Morgan fingerprint density at radius 2 is 2.12 bits per heavy atom. The van der Waals surface area contributed by atoms with Crippen LogP contribution in [0.25, 0.3) is 6.08 Å². The smallest absolute Gasteiger partial charge is 0.0384 e. The topological polar surface area (TPSA) is 0 Å². The Labute approximate surface area is 105 Å². The lowest BCUT2D eigenvalue weighted by atomic mass is 10.1. The molecule has 0 amide bonds. The molecule has 0 N–H and O–H groups in total. The van der Waals surface area contributed by atoms with Crippen LogP contribution < -0.4 is 0 Å². The quantitative estimate of drug-likeness (QED) is 0.711. The van der Waals surface area contributed by atoms with Gasteiger partial charge in [0.2, 0.25) is 0 Å². The van der Waals surface area contributed by atoms with Crippen molar-refractivity contribution in [3.05, 3.63) is 58.4 Å². The molecular weight excluding hydrogens is 232 g/mol. The van der Waals surface area contributed by atoms with E-state index in [0.29, 0.717) is 5.25 Å². The summed E-state index contributed by atoms with van der Waals surface area (Å²) in [6, 6.07) is 8.47. The second kappa shape index (κ2) is 4.56. The molecule has 2 aliphatic rings. The first-order valence-corrected chi connectivity index (χ1v) is 7.07. The van der Waals surface area contributed by atoms with E-state index in [1.54, 1.807) is 11.8 Å². The van der Waals surface area contributed by atoms with Crippen molar-refractivity contribution in [3.8, 4) is 0 Å². The molecule has 1 radical (unpaired) electrons. The van der Waals surface area contributed by atoms with Gasteiger partial charge in [-0.3, -0.25) is 0 Å². The van der Waals surface area contributed by atoms with E-state index in [-0.39, 0.29) is 0 Å². The van der Waals surface area contributed by atoms with Gasteiger partial charge in [0.05, 0.1) is 0 Å². The zero-order valence-corrected chi connectivity index (χ0v) is 10.4. The van der Waals surface area contributed by atoms with Crippen molar-refractivity contribution in [2.75, 3.05) is 0 Å². The standard InChI is InChI=1S/C14H11S2/c1-2-5-13-11(4-1)7-8-12(10-16-13)14-6-3-9-15-14/h1-5,7-9,14H,6H2. The monoisotopic (exact) mass is 243 g/mol. The Morgan fingerprint density at radius 3 is 3.00 bits per heavy atom. The van der Waals surface area contributed by atoms with Crippen LogP contribution in [0.1, 0.15) is 12.0 Å². The van der Waals surface area contributed by atoms with E-state index in [1.807, 2.05) is 11.8 Å². The lowest BCUT2D eigenvalue weighted by Crippen LogP contribution is -1.98. The minimum Gasteiger partial charge on any atom is -0.126 e. The maximum atomic E-state index is 3.47. The summed E-state index contributed by atoms with van der Waals surface area (Å²) in [5, 5.41) is 6.22. The molecule has 0 fully saturated rings. The Balaban J connectivity index is 1.88. The first-order valence-electron chi connectivity index (χ1n) is 5.31. The number of hydrogen-bond donors (Lipinski definition) is 0. The molecule has 1 unspecified atom stereocenters. The second-order valence-electron chi connectivity index (χ2n) is 3.76. The zero-order chi connectivity index (χ0) is 10.8. The summed E-state index contributed by atoms with van der Waals surface area (Å²) in [5.74, 6) is 0. The van der Waals surface area contributed by atoms with Crippen LogP contribution in [0.5, 0.6) is 0 Å². The first-order chi connectivity index (χ1) is 7.93. The molecule has 0 bridgehead atoms. The number of thioether (sulfide) groups is 2. The van der Waals surface area contributed by atoms with Crippen LogP contribution in [0, 0.1) is 5.41 Å². The third-order valence-corrected chi connectivity index (χ3v) is 4.73. The van der Waals surface area contributed by atoms with Gasteiger partial charge in [0.25, 0.3) is 0 Å². The van der Waals surface area contributed by atoms with Crippen LogP contribution >= 0.6 is 23.5 Å². The highest BCUT2D eigenvalue weighted by atomic mass is 32.2. The molecule has 16 heavy (non-hydrogen) atoms. The molecule has 1 aromatic carbocycles. The van der Waals surface area contributed by atoms with E-state index < -0.39 is 0 Å². The highest BCUT2D eigenvalue weighted by Gasteiger charge is 2.16.